The number of nitrogens with zero attached hydrogens (tertiary/aromatic N) is 1. The van der Waals surface area contributed by atoms with Crippen LogP contribution in [-0.4, -0.2) is 17.8 Å². The summed E-state index contributed by atoms with van der Waals surface area (Å²) in [6.07, 6.45) is 1.54. The highest BCUT2D eigenvalue weighted by atomic mass is 79.9. The molecule has 0 aromatic heterocycles. The SMILES string of the molecule is Cc1ccc(C(=O)Oc2ccc(Br)cc2/C=C2/N=C(c3ccccc3)OC2=O)cc1. The summed E-state index contributed by atoms with van der Waals surface area (Å²) < 4.78 is 11.6. The van der Waals surface area contributed by atoms with Crippen molar-refractivity contribution in [2.75, 3.05) is 0 Å². The van der Waals surface area contributed by atoms with Gasteiger partial charge in [0.05, 0.1) is 5.56 Å². The number of carbonyl (C=O) groups excluding carboxylic acids is 2. The summed E-state index contributed by atoms with van der Waals surface area (Å²) in [4.78, 5) is 29.1. The molecule has 0 saturated carbocycles. The Morgan fingerprint density at radius 2 is 1.77 bits per heavy atom. The van der Waals surface area contributed by atoms with Crippen molar-refractivity contribution in [3.63, 3.8) is 0 Å². The van der Waals surface area contributed by atoms with Gasteiger partial charge in [-0.15, -0.1) is 0 Å². The quantitative estimate of drug-likeness (QED) is 0.299. The highest BCUT2D eigenvalue weighted by Gasteiger charge is 2.24. The van der Waals surface area contributed by atoms with Crippen molar-refractivity contribution in [2.24, 2.45) is 4.99 Å². The van der Waals surface area contributed by atoms with E-state index in [-0.39, 0.29) is 11.6 Å². The first kappa shape index (κ1) is 19.8. The van der Waals surface area contributed by atoms with E-state index in [0.717, 1.165) is 10.0 Å². The van der Waals surface area contributed by atoms with Crippen molar-refractivity contribution in [1.82, 2.24) is 0 Å². The van der Waals surface area contributed by atoms with Gasteiger partial charge in [-0.1, -0.05) is 51.8 Å². The lowest BCUT2D eigenvalue weighted by molar-refractivity contribution is -0.129. The van der Waals surface area contributed by atoms with Gasteiger partial charge in [0.25, 0.3) is 0 Å². The second kappa shape index (κ2) is 8.47. The second-order valence-corrected chi connectivity index (χ2v) is 7.56. The molecule has 0 spiro atoms. The van der Waals surface area contributed by atoms with Crippen LogP contribution in [0.3, 0.4) is 0 Å². The zero-order chi connectivity index (χ0) is 21.1. The zero-order valence-corrected chi connectivity index (χ0v) is 17.5. The van der Waals surface area contributed by atoms with Gasteiger partial charge in [0, 0.05) is 15.6 Å². The molecule has 148 valence electrons. The van der Waals surface area contributed by atoms with E-state index in [2.05, 4.69) is 20.9 Å². The summed E-state index contributed by atoms with van der Waals surface area (Å²) in [5.41, 5.74) is 2.84. The maximum absolute atomic E-state index is 12.5. The van der Waals surface area contributed by atoms with Crippen molar-refractivity contribution in [2.45, 2.75) is 6.92 Å². The number of rotatable bonds is 4. The Labute approximate surface area is 181 Å². The maximum Gasteiger partial charge on any atom is 0.363 e. The Balaban J connectivity index is 1.65. The zero-order valence-electron chi connectivity index (χ0n) is 16.0. The summed E-state index contributed by atoms with van der Waals surface area (Å²) >= 11 is 3.41. The second-order valence-electron chi connectivity index (χ2n) is 6.64. The van der Waals surface area contributed by atoms with Gasteiger partial charge in [-0.25, -0.2) is 14.6 Å². The van der Waals surface area contributed by atoms with Crippen LogP contribution in [0.25, 0.3) is 6.08 Å². The Morgan fingerprint density at radius 1 is 1.03 bits per heavy atom. The molecule has 0 bridgehead atoms. The summed E-state index contributed by atoms with van der Waals surface area (Å²) in [7, 11) is 0. The highest BCUT2D eigenvalue weighted by Crippen LogP contribution is 2.28. The lowest BCUT2D eigenvalue weighted by atomic mass is 10.1. The summed E-state index contributed by atoms with van der Waals surface area (Å²) in [5.74, 6) is -0.503. The monoisotopic (exact) mass is 461 g/mol. The molecule has 1 heterocycles. The molecule has 0 unspecified atom stereocenters. The van der Waals surface area contributed by atoms with E-state index in [1.54, 1.807) is 36.4 Å². The summed E-state index contributed by atoms with van der Waals surface area (Å²) in [6, 6.07) is 21.4. The molecular weight excluding hydrogens is 446 g/mol. The molecule has 4 rings (SSSR count). The number of hydrogen-bond donors (Lipinski definition) is 0. The minimum Gasteiger partial charge on any atom is -0.422 e. The minimum absolute atomic E-state index is 0.125. The maximum atomic E-state index is 12.5. The molecule has 1 aliphatic heterocycles. The summed E-state index contributed by atoms with van der Waals surface area (Å²) in [5, 5.41) is 0. The Bertz CT molecular complexity index is 1180. The Morgan fingerprint density at radius 3 is 2.50 bits per heavy atom. The number of halogens is 1. The predicted octanol–water partition coefficient (Wildman–Crippen LogP) is 5.32. The van der Waals surface area contributed by atoms with Gasteiger partial charge >= 0.3 is 11.9 Å². The summed E-state index contributed by atoms with van der Waals surface area (Å²) in [6.45, 7) is 1.94. The van der Waals surface area contributed by atoms with E-state index in [1.807, 2.05) is 49.4 Å². The molecule has 3 aromatic carbocycles. The van der Waals surface area contributed by atoms with Crippen molar-refractivity contribution in [1.29, 1.82) is 0 Å². The normalized spacial score (nSPS) is 14.4. The number of cyclic esters (lactones) is 1. The number of aryl methyl sites for hydroxylation is 1. The molecule has 30 heavy (non-hydrogen) atoms. The molecular formula is C24H16BrNO4. The van der Waals surface area contributed by atoms with Gasteiger partial charge in [0.1, 0.15) is 5.75 Å². The fourth-order valence-electron chi connectivity index (χ4n) is 2.83. The molecule has 0 fully saturated rings. The number of benzene rings is 3. The molecule has 0 radical (unpaired) electrons. The molecule has 6 heteroatoms. The molecule has 0 N–H and O–H groups in total. The number of ether oxygens (including phenoxy) is 2. The van der Waals surface area contributed by atoms with Crippen LogP contribution in [0.1, 0.15) is 27.0 Å². The predicted molar refractivity (Wildman–Crippen MR) is 117 cm³/mol. The molecule has 0 amide bonds. The van der Waals surface area contributed by atoms with Crippen molar-refractivity contribution in [3.8, 4) is 5.75 Å². The average molecular weight is 462 g/mol. The van der Waals surface area contributed by atoms with Gasteiger partial charge in [-0.05, 0) is 55.5 Å². The van der Waals surface area contributed by atoms with Crippen LogP contribution >= 0.6 is 15.9 Å². The van der Waals surface area contributed by atoms with Crippen molar-refractivity contribution >= 4 is 39.8 Å². The number of hydrogen-bond acceptors (Lipinski definition) is 5. The Kier molecular flexibility index (Phi) is 5.59. The smallest absolute Gasteiger partial charge is 0.363 e. The van der Waals surface area contributed by atoms with Crippen LogP contribution in [0.5, 0.6) is 5.75 Å². The van der Waals surface area contributed by atoms with Gasteiger partial charge in [-0.2, -0.15) is 0 Å². The van der Waals surface area contributed by atoms with Gasteiger partial charge in [-0.3, -0.25) is 0 Å². The van der Waals surface area contributed by atoms with E-state index in [1.165, 1.54) is 0 Å². The first-order chi connectivity index (χ1) is 14.5. The van der Waals surface area contributed by atoms with Crippen LogP contribution in [-0.2, 0) is 9.53 Å². The van der Waals surface area contributed by atoms with Crippen LogP contribution in [0.2, 0.25) is 0 Å². The van der Waals surface area contributed by atoms with Gasteiger partial charge in [0.15, 0.2) is 5.70 Å². The molecule has 0 saturated heterocycles. The fraction of sp³-hybridized carbons (Fsp3) is 0.0417. The van der Waals surface area contributed by atoms with Crippen LogP contribution < -0.4 is 4.74 Å². The molecule has 0 aliphatic carbocycles. The highest BCUT2D eigenvalue weighted by molar-refractivity contribution is 9.10. The van der Waals surface area contributed by atoms with E-state index in [0.29, 0.717) is 22.4 Å². The topological polar surface area (TPSA) is 65.0 Å². The van der Waals surface area contributed by atoms with Crippen molar-refractivity contribution in [3.05, 3.63) is 105 Å². The van der Waals surface area contributed by atoms with Crippen LogP contribution in [0, 0.1) is 6.92 Å². The van der Waals surface area contributed by atoms with Gasteiger partial charge in [0.2, 0.25) is 5.90 Å². The van der Waals surface area contributed by atoms with Crippen LogP contribution in [0.4, 0.5) is 0 Å². The first-order valence-corrected chi connectivity index (χ1v) is 9.95. The molecule has 0 atom stereocenters. The van der Waals surface area contributed by atoms with E-state index in [9.17, 15) is 9.59 Å². The Hall–Kier alpha value is -3.51. The van der Waals surface area contributed by atoms with E-state index in [4.69, 9.17) is 9.47 Å². The number of esters is 2. The average Bonchev–Trinajstić information content (AvgIpc) is 3.11. The third-order valence-electron chi connectivity index (χ3n) is 4.40. The number of aliphatic imine (C=N–C) groups is 1. The van der Waals surface area contributed by atoms with Crippen LogP contribution in [0.15, 0.2) is 88.0 Å². The van der Waals surface area contributed by atoms with E-state index >= 15 is 0 Å². The standard InChI is InChI=1S/C24H16BrNO4/c1-15-7-9-17(10-8-15)23(27)29-21-12-11-19(25)13-18(21)14-20-24(28)30-22(26-20)16-5-3-2-4-6-16/h2-14H,1H3/b20-14+. The lowest BCUT2D eigenvalue weighted by Crippen LogP contribution is -2.09. The minimum atomic E-state index is -0.565. The third-order valence-corrected chi connectivity index (χ3v) is 4.89. The molecule has 5 nitrogen and oxygen atoms in total. The lowest BCUT2D eigenvalue weighted by Gasteiger charge is -2.08. The van der Waals surface area contributed by atoms with Gasteiger partial charge < -0.3 is 9.47 Å². The third kappa shape index (κ3) is 4.39. The first-order valence-electron chi connectivity index (χ1n) is 9.16. The molecule has 3 aromatic rings. The van der Waals surface area contributed by atoms with Crippen molar-refractivity contribution < 1.29 is 19.1 Å². The largest absolute Gasteiger partial charge is 0.422 e. The van der Waals surface area contributed by atoms with E-state index < -0.39 is 11.9 Å². The molecule has 1 aliphatic rings. The number of carbonyl (C=O) groups is 2. The fourth-order valence-corrected chi connectivity index (χ4v) is 3.21.